The summed E-state index contributed by atoms with van der Waals surface area (Å²) >= 11 is 7.30. The Morgan fingerprint density at radius 2 is 2.12 bits per heavy atom. The van der Waals surface area contributed by atoms with Crippen LogP contribution in [-0.4, -0.2) is 11.0 Å². The van der Waals surface area contributed by atoms with Gasteiger partial charge in [0.15, 0.2) is 0 Å². The van der Waals surface area contributed by atoms with Gasteiger partial charge in [-0.15, -0.1) is 0 Å². The van der Waals surface area contributed by atoms with Crippen LogP contribution < -0.4 is 5.32 Å². The Balaban J connectivity index is 2.18. The van der Waals surface area contributed by atoms with Crippen molar-refractivity contribution in [1.29, 1.82) is 0 Å². The second-order valence-corrected chi connectivity index (χ2v) is 5.42. The van der Waals surface area contributed by atoms with E-state index >= 15 is 0 Å². The molecule has 4 nitrogen and oxygen atoms in total. The molecular formula is C11H11ClN2O2S. The fourth-order valence-electron chi connectivity index (χ4n) is 1.75. The SMILES string of the molecule is CC1NC(=C[N+](=O)[O-])SC1c1ccc(Cl)cc1. The van der Waals surface area contributed by atoms with E-state index in [2.05, 4.69) is 5.32 Å². The Kier molecular flexibility index (Phi) is 3.59. The van der Waals surface area contributed by atoms with Gasteiger partial charge in [-0.05, 0) is 24.6 Å². The van der Waals surface area contributed by atoms with Crippen LogP contribution in [0, 0.1) is 10.1 Å². The van der Waals surface area contributed by atoms with E-state index in [4.69, 9.17) is 11.6 Å². The van der Waals surface area contributed by atoms with Gasteiger partial charge in [-0.1, -0.05) is 35.5 Å². The number of nitrogens with zero attached hydrogens (tertiary/aromatic N) is 1. The molecule has 2 atom stereocenters. The van der Waals surface area contributed by atoms with E-state index in [0.29, 0.717) is 10.1 Å². The molecule has 0 amide bonds. The van der Waals surface area contributed by atoms with Gasteiger partial charge < -0.3 is 5.32 Å². The van der Waals surface area contributed by atoms with Crippen molar-refractivity contribution in [3.8, 4) is 0 Å². The molecule has 1 aromatic rings. The van der Waals surface area contributed by atoms with Gasteiger partial charge in [0.1, 0.15) is 5.03 Å². The van der Waals surface area contributed by atoms with E-state index in [1.165, 1.54) is 11.8 Å². The van der Waals surface area contributed by atoms with Crippen LogP contribution in [-0.2, 0) is 0 Å². The highest BCUT2D eigenvalue weighted by Crippen LogP contribution is 2.42. The number of thioether (sulfide) groups is 1. The number of benzene rings is 1. The molecule has 0 aliphatic carbocycles. The van der Waals surface area contributed by atoms with E-state index in [0.717, 1.165) is 11.8 Å². The topological polar surface area (TPSA) is 55.2 Å². The first-order valence-electron chi connectivity index (χ1n) is 5.10. The monoisotopic (exact) mass is 270 g/mol. The van der Waals surface area contributed by atoms with Crippen molar-refractivity contribution in [3.63, 3.8) is 0 Å². The van der Waals surface area contributed by atoms with Gasteiger partial charge in [0.25, 0.3) is 6.20 Å². The lowest BCUT2D eigenvalue weighted by molar-refractivity contribution is -0.403. The molecule has 0 radical (unpaired) electrons. The fourth-order valence-corrected chi connectivity index (χ4v) is 3.11. The molecule has 2 rings (SSSR count). The normalized spacial score (nSPS) is 25.9. The molecule has 90 valence electrons. The maximum Gasteiger partial charge on any atom is 0.264 e. The molecule has 0 spiro atoms. The third-order valence-corrected chi connectivity index (χ3v) is 4.16. The zero-order valence-electron chi connectivity index (χ0n) is 9.09. The Morgan fingerprint density at radius 3 is 2.71 bits per heavy atom. The van der Waals surface area contributed by atoms with Crippen LogP contribution in [0.25, 0.3) is 0 Å². The van der Waals surface area contributed by atoms with Crippen molar-refractivity contribution in [2.45, 2.75) is 18.2 Å². The number of rotatable bonds is 2. The number of hydrogen-bond acceptors (Lipinski definition) is 4. The van der Waals surface area contributed by atoms with Crippen LogP contribution in [0.15, 0.2) is 35.5 Å². The van der Waals surface area contributed by atoms with Crippen molar-refractivity contribution in [2.24, 2.45) is 0 Å². The minimum absolute atomic E-state index is 0.160. The van der Waals surface area contributed by atoms with Crippen LogP contribution in [0.3, 0.4) is 0 Å². The highest BCUT2D eigenvalue weighted by Gasteiger charge is 2.30. The minimum Gasteiger partial charge on any atom is -0.371 e. The zero-order valence-corrected chi connectivity index (χ0v) is 10.7. The number of nitro groups is 1. The van der Waals surface area contributed by atoms with Gasteiger partial charge in [0, 0.05) is 11.1 Å². The van der Waals surface area contributed by atoms with Crippen molar-refractivity contribution in [2.75, 3.05) is 0 Å². The van der Waals surface area contributed by atoms with E-state index in [9.17, 15) is 10.1 Å². The largest absolute Gasteiger partial charge is 0.371 e. The predicted octanol–water partition coefficient (Wildman–Crippen LogP) is 3.18. The molecule has 1 aromatic carbocycles. The maximum absolute atomic E-state index is 10.4. The van der Waals surface area contributed by atoms with Gasteiger partial charge in [0.05, 0.1) is 10.2 Å². The number of halogens is 1. The van der Waals surface area contributed by atoms with Gasteiger partial charge in [-0.3, -0.25) is 10.1 Å². The molecule has 0 saturated carbocycles. The summed E-state index contributed by atoms with van der Waals surface area (Å²) in [5, 5.41) is 15.0. The molecule has 1 saturated heterocycles. The molecule has 0 aromatic heterocycles. The quantitative estimate of drug-likeness (QED) is 0.662. The van der Waals surface area contributed by atoms with E-state index in [-0.39, 0.29) is 11.3 Å². The molecule has 1 fully saturated rings. The van der Waals surface area contributed by atoms with Crippen LogP contribution in [0.2, 0.25) is 5.02 Å². The lowest BCUT2D eigenvalue weighted by Gasteiger charge is -2.13. The number of nitrogens with one attached hydrogen (secondary N) is 1. The zero-order chi connectivity index (χ0) is 12.4. The summed E-state index contributed by atoms with van der Waals surface area (Å²) in [7, 11) is 0. The molecule has 1 heterocycles. The summed E-state index contributed by atoms with van der Waals surface area (Å²) in [6.07, 6.45) is 1.01. The molecule has 6 heteroatoms. The highest BCUT2D eigenvalue weighted by molar-refractivity contribution is 8.03. The first-order valence-corrected chi connectivity index (χ1v) is 6.36. The van der Waals surface area contributed by atoms with Gasteiger partial charge in [0.2, 0.25) is 0 Å². The first-order chi connectivity index (χ1) is 8.06. The Morgan fingerprint density at radius 1 is 1.47 bits per heavy atom. The van der Waals surface area contributed by atoms with Gasteiger partial charge in [-0.2, -0.15) is 0 Å². The smallest absolute Gasteiger partial charge is 0.264 e. The fraction of sp³-hybridized carbons (Fsp3) is 0.273. The van der Waals surface area contributed by atoms with E-state index in [1.54, 1.807) is 0 Å². The Hall–Kier alpha value is -1.20. The molecule has 2 unspecified atom stereocenters. The van der Waals surface area contributed by atoms with Crippen molar-refractivity contribution in [3.05, 3.63) is 56.2 Å². The summed E-state index contributed by atoms with van der Waals surface area (Å²) in [5.74, 6) is 0. The predicted molar refractivity (Wildman–Crippen MR) is 69.5 cm³/mol. The molecule has 0 bridgehead atoms. The Bertz CT molecular complexity index is 461. The molecular weight excluding hydrogens is 260 g/mol. The summed E-state index contributed by atoms with van der Waals surface area (Å²) in [4.78, 5) is 9.97. The third-order valence-electron chi connectivity index (χ3n) is 2.50. The number of hydrogen-bond donors (Lipinski definition) is 1. The van der Waals surface area contributed by atoms with Crippen molar-refractivity contribution in [1.82, 2.24) is 5.32 Å². The molecule has 1 N–H and O–H groups in total. The van der Waals surface area contributed by atoms with Crippen molar-refractivity contribution >= 4 is 23.4 Å². The standard InChI is InChI=1S/C11H11ClN2O2S/c1-7-11(8-2-4-9(12)5-3-8)17-10(13-7)6-14(15)16/h2-7,11,13H,1H3. The lowest BCUT2D eigenvalue weighted by Crippen LogP contribution is -2.21. The second-order valence-electron chi connectivity index (χ2n) is 3.80. The van der Waals surface area contributed by atoms with Gasteiger partial charge in [-0.25, -0.2) is 0 Å². The van der Waals surface area contributed by atoms with Crippen LogP contribution in [0.1, 0.15) is 17.7 Å². The van der Waals surface area contributed by atoms with Crippen LogP contribution >= 0.6 is 23.4 Å². The van der Waals surface area contributed by atoms with E-state index < -0.39 is 4.92 Å². The average molecular weight is 271 g/mol. The third kappa shape index (κ3) is 2.92. The minimum atomic E-state index is -0.438. The summed E-state index contributed by atoms with van der Waals surface area (Å²) in [5.41, 5.74) is 1.12. The Labute approximate surface area is 108 Å². The molecule has 17 heavy (non-hydrogen) atoms. The maximum atomic E-state index is 10.4. The summed E-state index contributed by atoms with van der Waals surface area (Å²) in [6, 6.07) is 7.73. The molecule has 1 aliphatic heterocycles. The summed E-state index contributed by atoms with van der Waals surface area (Å²) in [6.45, 7) is 2.01. The molecule has 1 aliphatic rings. The van der Waals surface area contributed by atoms with E-state index in [1.807, 2.05) is 31.2 Å². The first kappa shape index (κ1) is 12.3. The van der Waals surface area contributed by atoms with Gasteiger partial charge >= 0.3 is 0 Å². The van der Waals surface area contributed by atoms with Crippen molar-refractivity contribution < 1.29 is 4.92 Å². The second kappa shape index (κ2) is 4.98. The average Bonchev–Trinajstić information content (AvgIpc) is 2.59. The highest BCUT2D eigenvalue weighted by atomic mass is 35.5. The summed E-state index contributed by atoms with van der Waals surface area (Å²) < 4.78 is 0. The lowest BCUT2D eigenvalue weighted by atomic mass is 10.1. The van der Waals surface area contributed by atoms with Crippen LogP contribution in [0.5, 0.6) is 0 Å². The van der Waals surface area contributed by atoms with Crippen LogP contribution in [0.4, 0.5) is 0 Å².